The molecule has 190 valence electrons. The lowest BCUT2D eigenvalue weighted by Crippen LogP contribution is -2.40. The van der Waals surface area contributed by atoms with Crippen LogP contribution in [0.1, 0.15) is 96.6 Å². The number of methoxy groups -OCH3 is 2. The molecule has 0 unspecified atom stereocenters. The van der Waals surface area contributed by atoms with Crippen molar-refractivity contribution in [2.75, 3.05) is 20.8 Å². The highest BCUT2D eigenvalue weighted by Gasteiger charge is 2.36. The maximum Gasteiger partial charge on any atom is 0.191 e. The molecule has 1 rings (SSSR count). The summed E-state index contributed by atoms with van der Waals surface area (Å²) in [5.74, 6) is 2.81. The quantitative estimate of drug-likeness (QED) is 0.180. The van der Waals surface area contributed by atoms with Crippen molar-refractivity contribution in [3.05, 3.63) is 23.3 Å². The Bertz CT molecular complexity index is 702. The zero-order valence-electron chi connectivity index (χ0n) is 22.6. The van der Waals surface area contributed by atoms with Gasteiger partial charge >= 0.3 is 0 Å². The standard InChI is InChI=1S/C27H48O4SSi/c1-10-11-15-23(16-13-12-14-17-31-33(8,9)27(3,4)5)26-24(29-6)18-22(19-25(26)30-7)20-32-21(2)28/h18-19,23H,10-17,20H2,1-9H3/t23-/m0/s1. The first-order valence-corrected chi connectivity index (χ1v) is 16.4. The summed E-state index contributed by atoms with van der Waals surface area (Å²) in [6, 6.07) is 4.17. The second kappa shape index (κ2) is 14.4. The van der Waals surface area contributed by atoms with Crippen LogP contribution in [0.25, 0.3) is 0 Å². The van der Waals surface area contributed by atoms with Gasteiger partial charge in [-0.2, -0.15) is 0 Å². The topological polar surface area (TPSA) is 44.8 Å². The second-order valence-electron chi connectivity index (χ2n) is 10.5. The van der Waals surface area contributed by atoms with E-state index in [2.05, 4.69) is 52.9 Å². The van der Waals surface area contributed by atoms with E-state index in [1.165, 1.54) is 43.0 Å². The molecule has 0 spiro atoms. The number of ether oxygens (including phenoxy) is 2. The number of hydrogen-bond acceptors (Lipinski definition) is 5. The van der Waals surface area contributed by atoms with Crippen molar-refractivity contribution in [2.45, 2.75) is 109 Å². The molecule has 0 aliphatic rings. The summed E-state index contributed by atoms with van der Waals surface area (Å²) in [4.78, 5) is 11.4. The van der Waals surface area contributed by atoms with Gasteiger partial charge in [-0.05, 0) is 61.0 Å². The number of hydrogen-bond donors (Lipinski definition) is 0. The molecule has 0 heterocycles. The fraction of sp³-hybridized carbons (Fsp3) is 0.741. The minimum absolute atomic E-state index is 0.121. The Morgan fingerprint density at radius 1 is 1.00 bits per heavy atom. The van der Waals surface area contributed by atoms with Crippen LogP contribution >= 0.6 is 11.8 Å². The van der Waals surface area contributed by atoms with Crippen LogP contribution in [-0.4, -0.2) is 34.3 Å². The first-order valence-electron chi connectivity index (χ1n) is 12.5. The molecule has 0 fully saturated rings. The number of carbonyl (C=O) groups excluding carboxylic acids is 1. The molecular formula is C27H48O4SSi. The normalized spacial score (nSPS) is 13.1. The van der Waals surface area contributed by atoms with Gasteiger partial charge in [0.15, 0.2) is 13.4 Å². The summed E-state index contributed by atoms with van der Waals surface area (Å²) in [6.07, 6.45) is 8.07. The molecule has 0 radical (unpaired) electrons. The van der Waals surface area contributed by atoms with E-state index >= 15 is 0 Å². The highest BCUT2D eigenvalue weighted by Crippen LogP contribution is 2.42. The Morgan fingerprint density at radius 3 is 2.06 bits per heavy atom. The molecule has 0 aliphatic heterocycles. The predicted octanol–water partition coefficient (Wildman–Crippen LogP) is 8.34. The zero-order chi connectivity index (χ0) is 25.1. The number of benzene rings is 1. The van der Waals surface area contributed by atoms with Crippen molar-refractivity contribution in [1.82, 2.24) is 0 Å². The van der Waals surface area contributed by atoms with Crippen molar-refractivity contribution >= 4 is 25.2 Å². The van der Waals surface area contributed by atoms with E-state index in [9.17, 15) is 4.79 Å². The molecule has 1 atom stereocenters. The van der Waals surface area contributed by atoms with Crippen LogP contribution in [0.4, 0.5) is 0 Å². The lowest BCUT2D eigenvalue weighted by Gasteiger charge is -2.36. The van der Waals surface area contributed by atoms with Crippen LogP contribution in [-0.2, 0) is 15.0 Å². The number of carbonyl (C=O) groups is 1. The van der Waals surface area contributed by atoms with E-state index in [1.807, 2.05) is 0 Å². The first-order chi connectivity index (χ1) is 15.5. The molecule has 4 nitrogen and oxygen atoms in total. The van der Waals surface area contributed by atoms with Crippen molar-refractivity contribution in [3.8, 4) is 11.5 Å². The molecule has 1 aromatic carbocycles. The molecule has 0 aromatic heterocycles. The lowest BCUT2D eigenvalue weighted by atomic mass is 9.87. The van der Waals surface area contributed by atoms with Gasteiger partial charge in [0.2, 0.25) is 0 Å². The summed E-state index contributed by atoms with van der Waals surface area (Å²) in [6.45, 7) is 16.2. The molecule has 0 saturated heterocycles. The van der Waals surface area contributed by atoms with Crippen molar-refractivity contribution in [3.63, 3.8) is 0 Å². The third kappa shape index (κ3) is 10.0. The van der Waals surface area contributed by atoms with Gasteiger partial charge in [-0.3, -0.25) is 4.79 Å². The van der Waals surface area contributed by atoms with Gasteiger partial charge in [0, 0.05) is 24.8 Å². The third-order valence-corrected chi connectivity index (χ3v) is 12.2. The largest absolute Gasteiger partial charge is 0.496 e. The minimum Gasteiger partial charge on any atom is -0.496 e. The molecule has 1 aromatic rings. The third-order valence-electron chi connectivity index (χ3n) is 6.83. The summed E-state index contributed by atoms with van der Waals surface area (Å²) in [5.41, 5.74) is 2.24. The van der Waals surface area contributed by atoms with Gasteiger partial charge in [0.05, 0.1) is 14.2 Å². The van der Waals surface area contributed by atoms with E-state index < -0.39 is 8.32 Å². The molecule has 6 heteroatoms. The van der Waals surface area contributed by atoms with Crippen LogP contribution < -0.4 is 9.47 Å². The number of rotatable bonds is 15. The molecule has 0 saturated carbocycles. The molecule has 0 amide bonds. The highest BCUT2D eigenvalue weighted by atomic mass is 32.2. The van der Waals surface area contributed by atoms with Gasteiger partial charge in [0.1, 0.15) is 11.5 Å². The number of unbranched alkanes of at least 4 members (excludes halogenated alkanes) is 3. The fourth-order valence-electron chi connectivity index (χ4n) is 3.76. The Hall–Kier alpha value is -0.983. The van der Waals surface area contributed by atoms with E-state index in [-0.39, 0.29) is 10.2 Å². The Kier molecular flexibility index (Phi) is 13.1. The van der Waals surface area contributed by atoms with Crippen LogP contribution in [0.2, 0.25) is 18.1 Å². The maximum absolute atomic E-state index is 11.4. The average molecular weight is 497 g/mol. The summed E-state index contributed by atoms with van der Waals surface area (Å²) in [5, 5.41) is 0.385. The predicted molar refractivity (Wildman–Crippen MR) is 145 cm³/mol. The first kappa shape index (κ1) is 30.0. The Labute approximate surface area is 208 Å². The van der Waals surface area contributed by atoms with Crippen molar-refractivity contribution < 1.29 is 18.7 Å². The average Bonchev–Trinajstić information content (AvgIpc) is 2.75. The summed E-state index contributed by atoms with van der Waals surface area (Å²) < 4.78 is 18.0. The zero-order valence-corrected chi connectivity index (χ0v) is 24.5. The van der Waals surface area contributed by atoms with Crippen LogP contribution in [0.15, 0.2) is 12.1 Å². The van der Waals surface area contributed by atoms with Gasteiger partial charge in [-0.15, -0.1) is 0 Å². The SMILES string of the molecule is CCCC[C@@H](CCCCCO[Si](C)(C)C(C)(C)C)c1c(OC)cc(CSC(C)=O)cc1OC. The summed E-state index contributed by atoms with van der Waals surface area (Å²) >= 11 is 1.32. The van der Waals surface area contributed by atoms with Crippen LogP contribution in [0.5, 0.6) is 11.5 Å². The van der Waals surface area contributed by atoms with E-state index in [1.54, 1.807) is 21.1 Å². The molecule has 0 bridgehead atoms. The van der Waals surface area contributed by atoms with E-state index in [0.29, 0.717) is 11.7 Å². The summed E-state index contributed by atoms with van der Waals surface area (Å²) in [7, 11) is 1.81. The second-order valence-corrected chi connectivity index (χ2v) is 16.5. The van der Waals surface area contributed by atoms with E-state index in [0.717, 1.165) is 42.9 Å². The molecule has 0 N–H and O–H groups in total. The van der Waals surface area contributed by atoms with Gasteiger partial charge in [-0.25, -0.2) is 0 Å². The van der Waals surface area contributed by atoms with Gasteiger partial charge in [0.25, 0.3) is 0 Å². The fourth-order valence-corrected chi connectivity index (χ4v) is 5.38. The van der Waals surface area contributed by atoms with E-state index in [4.69, 9.17) is 13.9 Å². The van der Waals surface area contributed by atoms with Crippen molar-refractivity contribution in [1.29, 1.82) is 0 Å². The molecule has 0 aliphatic carbocycles. The highest BCUT2D eigenvalue weighted by molar-refractivity contribution is 8.12. The smallest absolute Gasteiger partial charge is 0.191 e. The molecule has 33 heavy (non-hydrogen) atoms. The minimum atomic E-state index is -1.66. The maximum atomic E-state index is 11.4. The van der Waals surface area contributed by atoms with Crippen molar-refractivity contribution in [2.24, 2.45) is 0 Å². The number of thioether (sulfide) groups is 1. The van der Waals surface area contributed by atoms with Crippen LogP contribution in [0.3, 0.4) is 0 Å². The lowest BCUT2D eigenvalue weighted by molar-refractivity contribution is -0.109. The van der Waals surface area contributed by atoms with Gasteiger partial charge in [-0.1, -0.05) is 65.1 Å². The Morgan fingerprint density at radius 2 is 1.58 bits per heavy atom. The Balaban J connectivity index is 2.85. The molecular weight excluding hydrogens is 448 g/mol. The van der Waals surface area contributed by atoms with Gasteiger partial charge < -0.3 is 13.9 Å². The van der Waals surface area contributed by atoms with Crippen LogP contribution in [0, 0.1) is 0 Å². The monoisotopic (exact) mass is 496 g/mol.